The van der Waals surface area contributed by atoms with Crippen LogP contribution in [0.5, 0.6) is 0 Å². The first-order chi connectivity index (χ1) is 19.2. The monoisotopic (exact) mass is 572 g/mol. The lowest BCUT2D eigenvalue weighted by atomic mass is 9.75. The molecule has 4 aliphatic rings. The zero-order valence-electron chi connectivity index (χ0n) is 26.9. The van der Waals surface area contributed by atoms with E-state index in [2.05, 4.69) is 81.6 Å². The quantitative estimate of drug-likeness (QED) is 0.338. The molecule has 2 atom stereocenters. The van der Waals surface area contributed by atoms with Gasteiger partial charge in [-0.3, -0.25) is 0 Å². The molecule has 4 N–H and O–H groups in total. The zero-order chi connectivity index (χ0) is 29.5. The van der Waals surface area contributed by atoms with Gasteiger partial charge in [0.2, 0.25) is 17.8 Å². The Labute approximate surface area is 247 Å². The normalized spacial score (nSPS) is 29.4. The first kappa shape index (κ1) is 30.7. The number of rotatable bonds is 9. The van der Waals surface area contributed by atoms with E-state index in [-0.39, 0.29) is 46.4 Å². The molecule has 0 aromatic carbocycles. The number of nitrogens with zero attached hydrogens (tertiary/aromatic N) is 4. The van der Waals surface area contributed by atoms with Gasteiger partial charge in [-0.25, -0.2) is 0 Å². The summed E-state index contributed by atoms with van der Waals surface area (Å²) in [5.74, 6) is 2.00. The minimum absolute atomic E-state index is 0.00255. The highest BCUT2D eigenvalue weighted by Crippen LogP contribution is 2.39. The summed E-state index contributed by atoms with van der Waals surface area (Å²) in [4.78, 5) is 17.7. The third-order valence-corrected chi connectivity index (χ3v) is 9.00. The van der Waals surface area contributed by atoms with E-state index >= 15 is 0 Å². The van der Waals surface area contributed by atoms with E-state index in [9.17, 15) is 0 Å². The number of hydrogen-bond acceptors (Lipinski definition) is 10. The summed E-state index contributed by atoms with van der Waals surface area (Å²) in [5, 5.41) is 14.8. The van der Waals surface area contributed by atoms with Crippen LogP contribution in [0, 0.1) is 0 Å². The number of hydrogen-bond donors (Lipinski definition) is 4. The van der Waals surface area contributed by atoms with Crippen LogP contribution >= 0.6 is 0 Å². The summed E-state index contributed by atoms with van der Waals surface area (Å²) < 4.78 is 11.8. The van der Waals surface area contributed by atoms with Gasteiger partial charge in [0.25, 0.3) is 0 Å². The van der Waals surface area contributed by atoms with E-state index in [1.807, 2.05) is 0 Å². The highest BCUT2D eigenvalue weighted by Gasteiger charge is 2.47. The molecule has 2 unspecified atom stereocenters. The second kappa shape index (κ2) is 11.7. The van der Waals surface area contributed by atoms with E-state index in [1.54, 1.807) is 0 Å². The average molecular weight is 573 g/mol. The lowest BCUT2D eigenvalue weighted by Crippen LogP contribution is -2.67. The Morgan fingerprint density at radius 1 is 0.659 bits per heavy atom. The van der Waals surface area contributed by atoms with Gasteiger partial charge in [-0.1, -0.05) is 0 Å². The van der Waals surface area contributed by atoms with Crippen molar-refractivity contribution in [1.29, 1.82) is 0 Å². The van der Waals surface area contributed by atoms with Gasteiger partial charge in [-0.05, 0) is 107 Å². The summed E-state index contributed by atoms with van der Waals surface area (Å²) >= 11 is 0. The Balaban J connectivity index is 1.51. The maximum atomic E-state index is 5.89. The van der Waals surface area contributed by atoms with Gasteiger partial charge >= 0.3 is 0 Å². The zero-order valence-corrected chi connectivity index (χ0v) is 26.9. The number of anilines is 3. The van der Waals surface area contributed by atoms with E-state index in [1.165, 1.54) is 0 Å². The summed E-state index contributed by atoms with van der Waals surface area (Å²) in [6, 6.07) is 0.575. The molecule has 4 saturated heterocycles. The van der Waals surface area contributed by atoms with E-state index in [0.29, 0.717) is 25.0 Å². The van der Waals surface area contributed by atoms with Gasteiger partial charge in [0, 0.05) is 60.5 Å². The smallest absolute Gasteiger partial charge is 0.232 e. The largest absolute Gasteiger partial charge is 0.376 e. The molecule has 5 heterocycles. The van der Waals surface area contributed by atoms with Gasteiger partial charge in [0.15, 0.2) is 0 Å². The Kier molecular flexibility index (Phi) is 8.79. The molecule has 0 aliphatic carbocycles. The number of ether oxygens (including phenoxy) is 2. The number of piperidine rings is 2. The van der Waals surface area contributed by atoms with Crippen LogP contribution in [0.15, 0.2) is 0 Å². The second-order valence-corrected chi connectivity index (χ2v) is 15.6. The van der Waals surface area contributed by atoms with Crippen molar-refractivity contribution in [2.75, 3.05) is 41.8 Å². The van der Waals surface area contributed by atoms with Gasteiger partial charge in [0.1, 0.15) is 0 Å². The van der Waals surface area contributed by atoms with Crippen LogP contribution in [-0.4, -0.2) is 87.7 Å². The van der Waals surface area contributed by atoms with E-state index < -0.39 is 0 Å². The maximum absolute atomic E-state index is 5.89. The lowest BCUT2D eigenvalue weighted by molar-refractivity contribution is 0.120. The minimum Gasteiger partial charge on any atom is -0.376 e. The van der Waals surface area contributed by atoms with Crippen molar-refractivity contribution in [2.24, 2.45) is 0 Å². The molecule has 1 aromatic heterocycles. The fourth-order valence-corrected chi connectivity index (χ4v) is 8.21. The van der Waals surface area contributed by atoms with E-state index in [0.717, 1.165) is 70.5 Å². The molecule has 0 saturated carbocycles. The van der Waals surface area contributed by atoms with Crippen molar-refractivity contribution >= 4 is 17.8 Å². The highest BCUT2D eigenvalue weighted by molar-refractivity contribution is 5.46. The first-order valence-corrected chi connectivity index (χ1v) is 16.0. The van der Waals surface area contributed by atoms with Crippen molar-refractivity contribution in [2.45, 2.75) is 153 Å². The molecule has 4 aliphatic heterocycles. The molecule has 0 bridgehead atoms. The summed E-state index contributed by atoms with van der Waals surface area (Å²) in [5.41, 5.74) is -0.0102. The third kappa shape index (κ3) is 8.21. The van der Waals surface area contributed by atoms with Crippen molar-refractivity contribution < 1.29 is 9.47 Å². The summed E-state index contributed by atoms with van der Waals surface area (Å²) in [6.07, 6.45) is 8.83. The van der Waals surface area contributed by atoms with Crippen molar-refractivity contribution in [3.63, 3.8) is 0 Å². The molecule has 10 nitrogen and oxygen atoms in total. The van der Waals surface area contributed by atoms with Gasteiger partial charge in [-0.2, -0.15) is 15.0 Å². The van der Waals surface area contributed by atoms with Gasteiger partial charge in [-0.15, -0.1) is 0 Å². The fourth-order valence-electron chi connectivity index (χ4n) is 8.21. The molecular weight excluding hydrogens is 516 g/mol. The first-order valence-electron chi connectivity index (χ1n) is 16.0. The van der Waals surface area contributed by atoms with Crippen molar-refractivity contribution in [3.8, 4) is 0 Å². The van der Waals surface area contributed by atoms with Gasteiger partial charge in [0.05, 0.1) is 12.2 Å². The predicted molar refractivity (Wildman–Crippen MR) is 166 cm³/mol. The van der Waals surface area contributed by atoms with Crippen molar-refractivity contribution in [1.82, 2.24) is 25.6 Å². The molecule has 0 radical (unpaired) electrons. The van der Waals surface area contributed by atoms with Crippen LogP contribution in [0.4, 0.5) is 17.8 Å². The van der Waals surface area contributed by atoms with Crippen LogP contribution in [0.3, 0.4) is 0 Å². The molecule has 232 valence electrons. The fraction of sp³-hybridized carbons (Fsp3) is 0.903. The molecule has 0 spiro atoms. The Bertz CT molecular complexity index is 925. The van der Waals surface area contributed by atoms with Crippen LogP contribution < -0.4 is 26.2 Å². The van der Waals surface area contributed by atoms with Crippen LogP contribution in [0.2, 0.25) is 0 Å². The molecule has 5 rings (SSSR count). The van der Waals surface area contributed by atoms with Gasteiger partial charge < -0.3 is 35.6 Å². The predicted octanol–water partition coefficient (Wildman–Crippen LogP) is 4.48. The third-order valence-electron chi connectivity index (χ3n) is 9.00. The standard InChI is InChI=1S/C31H56N8O2/c1-28(2)15-21(16-29(3,4)37-28)39(22-17-30(5,6)38-31(7,8)18-22)27-35-25(32-19-23-11-9-13-40-23)34-26(36-27)33-20-24-12-10-14-41-24/h21-24,37-38H,9-20H2,1-8H3,(H2,32,33,34,35,36). The Hall–Kier alpha value is -1.75. The molecule has 10 heteroatoms. The molecular formula is C31H56N8O2. The lowest BCUT2D eigenvalue weighted by Gasteiger charge is -2.55. The molecule has 1 aromatic rings. The molecule has 4 fully saturated rings. The summed E-state index contributed by atoms with van der Waals surface area (Å²) in [7, 11) is 0. The Morgan fingerprint density at radius 2 is 1.05 bits per heavy atom. The summed E-state index contributed by atoms with van der Waals surface area (Å²) in [6.45, 7) is 21.7. The average Bonchev–Trinajstić information content (AvgIpc) is 3.52. The number of aromatic nitrogens is 3. The Morgan fingerprint density at radius 3 is 1.39 bits per heavy atom. The van der Waals surface area contributed by atoms with E-state index in [4.69, 9.17) is 24.4 Å². The van der Waals surface area contributed by atoms with Crippen LogP contribution in [0.1, 0.15) is 107 Å². The highest BCUT2D eigenvalue weighted by atomic mass is 16.5. The van der Waals surface area contributed by atoms with Crippen LogP contribution in [-0.2, 0) is 9.47 Å². The SMILES string of the molecule is CC1(C)CC(N(c2nc(NCC3CCCO3)nc(NCC3CCCO3)n2)C2CC(C)(C)NC(C)(C)C2)CC(C)(C)N1. The second-order valence-electron chi connectivity index (χ2n) is 15.6. The maximum Gasteiger partial charge on any atom is 0.232 e. The minimum atomic E-state index is -0.00255. The number of nitrogens with one attached hydrogen (secondary N) is 4. The molecule has 41 heavy (non-hydrogen) atoms. The molecule has 0 amide bonds. The topological polar surface area (TPSA) is 108 Å². The van der Waals surface area contributed by atoms with Crippen molar-refractivity contribution in [3.05, 3.63) is 0 Å². The van der Waals surface area contributed by atoms with Crippen LogP contribution in [0.25, 0.3) is 0 Å².